The van der Waals surface area contributed by atoms with Gasteiger partial charge in [-0.2, -0.15) is 5.26 Å². The van der Waals surface area contributed by atoms with Crippen LogP contribution in [0.1, 0.15) is 26.3 Å². The van der Waals surface area contributed by atoms with Crippen LogP contribution in [0.4, 0.5) is 5.69 Å². The van der Waals surface area contributed by atoms with Crippen molar-refractivity contribution in [3.8, 4) is 17.4 Å². The minimum absolute atomic E-state index is 0.360. The fourth-order valence-electron chi connectivity index (χ4n) is 7.00. The molecular formula is C39H22N4O2. The molecule has 8 aromatic rings. The predicted octanol–water partition coefficient (Wildman–Crippen LogP) is 8.55. The van der Waals surface area contributed by atoms with Crippen LogP contribution in [-0.4, -0.2) is 20.9 Å². The summed E-state index contributed by atoms with van der Waals surface area (Å²) in [5.41, 5.74) is 7.36. The summed E-state index contributed by atoms with van der Waals surface area (Å²) in [5.74, 6) is -0.775. The number of rotatable bonds is 3. The number of amides is 2. The Bertz CT molecular complexity index is 2570. The molecule has 2 aromatic heterocycles. The van der Waals surface area contributed by atoms with Crippen LogP contribution in [0.3, 0.4) is 0 Å². The third-order valence-corrected chi connectivity index (χ3v) is 8.88. The van der Waals surface area contributed by atoms with Crippen molar-refractivity contribution in [3.05, 3.63) is 150 Å². The molecule has 0 aliphatic carbocycles. The van der Waals surface area contributed by atoms with Gasteiger partial charge in [0.2, 0.25) is 0 Å². The van der Waals surface area contributed by atoms with Crippen LogP contribution in [0, 0.1) is 11.3 Å². The van der Waals surface area contributed by atoms with Gasteiger partial charge in [-0.15, -0.1) is 0 Å². The maximum absolute atomic E-state index is 13.2. The normalized spacial score (nSPS) is 12.9. The molecule has 1 aliphatic rings. The van der Waals surface area contributed by atoms with Crippen LogP contribution >= 0.6 is 0 Å². The number of imide groups is 1. The molecule has 0 saturated heterocycles. The number of aromatic nitrogens is 2. The molecule has 45 heavy (non-hydrogen) atoms. The summed E-state index contributed by atoms with van der Waals surface area (Å²) >= 11 is 0. The molecule has 0 N–H and O–H groups in total. The molecule has 0 atom stereocenters. The second kappa shape index (κ2) is 9.27. The first-order chi connectivity index (χ1) is 22.2. The predicted molar refractivity (Wildman–Crippen MR) is 177 cm³/mol. The molecule has 210 valence electrons. The fraction of sp³-hybridized carbons (Fsp3) is 0. The van der Waals surface area contributed by atoms with E-state index in [1.165, 1.54) is 0 Å². The fourth-order valence-corrected chi connectivity index (χ4v) is 7.00. The maximum atomic E-state index is 13.2. The minimum atomic E-state index is -0.388. The zero-order chi connectivity index (χ0) is 30.2. The van der Waals surface area contributed by atoms with Gasteiger partial charge in [0, 0.05) is 27.2 Å². The highest BCUT2D eigenvalue weighted by molar-refractivity contribution is 6.34. The van der Waals surface area contributed by atoms with Crippen LogP contribution < -0.4 is 4.90 Å². The molecule has 1 aliphatic heterocycles. The summed E-state index contributed by atoms with van der Waals surface area (Å²) in [5, 5.41) is 14.9. The SMILES string of the molecule is N#Cc1cc(N2C(=O)c3ccccc3C2=O)ccc1-n1c2ccccc2c2c3c4ccccc4n(-c4ccccc4)c3ccc21. The molecule has 0 saturated carbocycles. The summed E-state index contributed by atoms with van der Waals surface area (Å²) in [4.78, 5) is 27.6. The van der Waals surface area contributed by atoms with Crippen LogP contribution in [0.15, 0.2) is 133 Å². The number of benzene rings is 6. The van der Waals surface area contributed by atoms with Crippen molar-refractivity contribution in [2.45, 2.75) is 0 Å². The molecule has 6 heteroatoms. The second-order valence-electron chi connectivity index (χ2n) is 11.2. The molecule has 0 unspecified atom stereocenters. The smallest absolute Gasteiger partial charge is 0.266 e. The van der Waals surface area contributed by atoms with E-state index in [1.54, 1.807) is 36.4 Å². The van der Waals surface area contributed by atoms with Crippen LogP contribution in [-0.2, 0) is 0 Å². The van der Waals surface area contributed by atoms with Gasteiger partial charge in [0.1, 0.15) is 6.07 Å². The lowest BCUT2D eigenvalue weighted by molar-refractivity contribution is 0.0926. The van der Waals surface area contributed by atoms with E-state index in [0.29, 0.717) is 28.1 Å². The Morgan fingerprint density at radius 3 is 1.64 bits per heavy atom. The highest BCUT2D eigenvalue weighted by Gasteiger charge is 2.36. The third-order valence-electron chi connectivity index (χ3n) is 8.88. The number of hydrogen-bond donors (Lipinski definition) is 0. The van der Waals surface area contributed by atoms with Crippen LogP contribution in [0.25, 0.3) is 55.0 Å². The van der Waals surface area contributed by atoms with E-state index in [1.807, 2.05) is 24.3 Å². The number of carbonyl (C=O) groups excluding carboxylic acids is 2. The first-order valence-corrected chi connectivity index (χ1v) is 14.7. The number of hydrogen-bond acceptors (Lipinski definition) is 3. The number of fused-ring (bicyclic) bond motifs is 8. The van der Waals surface area contributed by atoms with Crippen molar-refractivity contribution < 1.29 is 9.59 Å². The van der Waals surface area contributed by atoms with Gasteiger partial charge in [-0.3, -0.25) is 9.59 Å². The summed E-state index contributed by atoms with van der Waals surface area (Å²) in [6.45, 7) is 0. The molecular weight excluding hydrogens is 556 g/mol. The minimum Gasteiger partial charge on any atom is -0.309 e. The van der Waals surface area contributed by atoms with Crippen LogP contribution in [0.5, 0.6) is 0 Å². The molecule has 0 spiro atoms. The molecule has 0 bridgehead atoms. The van der Waals surface area contributed by atoms with E-state index in [9.17, 15) is 14.9 Å². The number of nitrogens with zero attached hydrogens (tertiary/aromatic N) is 4. The highest BCUT2D eigenvalue weighted by Crippen LogP contribution is 2.43. The van der Waals surface area contributed by atoms with Gasteiger partial charge in [0.05, 0.1) is 50.1 Å². The Morgan fingerprint density at radius 1 is 0.489 bits per heavy atom. The molecule has 0 radical (unpaired) electrons. The molecule has 6 aromatic carbocycles. The first-order valence-electron chi connectivity index (χ1n) is 14.7. The van der Waals surface area contributed by atoms with Crippen molar-refractivity contribution >= 4 is 61.1 Å². The Balaban J connectivity index is 1.32. The van der Waals surface area contributed by atoms with Gasteiger partial charge >= 0.3 is 0 Å². The van der Waals surface area contributed by atoms with Crippen molar-refractivity contribution in [3.63, 3.8) is 0 Å². The monoisotopic (exact) mass is 578 g/mol. The van der Waals surface area contributed by atoms with Gasteiger partial charge in [-0.05, 0) is 66.7 Å². The van der Waals surface area contributed by atoms with Crippen molar-refractivity contribution in [2.24, 2.45) is 0 Å². The Morgan fingerprint density at radius 2 is 1.02 bits per heavy atom. The van der Waals surface area contributed by atoms with E-state index < -0.39 is 0 Å². The number of para-hydroxylation sites is 3. The first kappa shape index (κ1) is 25.1. The Kier molecular flexibility index (Phi) is 5.17. The third kappa shape index (κ3) is 3.38. The zero-order valence-electron chi connectivity index (χ0n) is 23.8. The standard InChI is InChI=1S/C39H22N4O2/c40-23-24-22-26(42-38(44)27-12-4-5-13-28(27)39(42)45)18-19-31(24)43-33-17-9-7-15-30(33)37-35(43)21-20-34-36(37)29-14-6-8-16-32(29)41(34)25-10-2-1-3-11-25/h1-22H. The number of anilines is 1. The Labute approximate surface area is 257 Å². The van der Waals surface area contributed by atoms with Crippen molar-refractivity contribution in [1.82, 2.24) is 9.13 Å². The highest BCUT2D eigenvalue weighted by atomic mass is 16.2. The van der Waals surface area contributed by atoms with E-state index in [4.69, 9.17) is 0 Å². The molecule has 6 nitrogen and oxygen atoms in total. The summed E-state index contributed by atoms with van der Waals surface area (Å²) < 4.78 is 4.41. The lowest BCUT2D eigenvalue weighted by Crippen LogP contribution is -2.29. The molecule has 2 amide bonds. The summed E-state index contributed by atoms with van der Waals surface area (Å²) in [6.07, 6.45) is 0. The van der Waals surface area contributed by atoms with E-state index in [0.717, 1.165) is 54.2 Å². The maximum Gasteiger partial charge on any atom is 0.266 e. The Hall–Kier alpha value is -6.45. The largest absolute Gasteiger partial charge is 0.309 e. The average molecular weight is 579 g/mol. The lowest BCUT2D eigenvalue weighted by Gasteiger charge is -2.17. The molecule has 0 fully saturated rings. The van der Waals surface area contributed by atoms with Gasteiger partial charge in [-0.25, -0.2) is 4.90 Å². The quantitative estimate of drug-likeness (QED) is 0.197. The topological polar surface area (TPSA) is 71.0 Å². The van der Waals surface area contributed by atoms with Crippen LogP contribution in [0.2, 0.25) is 0 Å². The van der Waals surface area contributed by atoms with E-state index in [-0.39, 0.29) is 11.8 Å². The number of carbonyl (C=O) groups is 2. The summed E-state index contributed by atoms with van der Waals surface area (Å²) in [6, 6.07) is 45.7. The number of nitriles is 1. The van der Waals surface area contributed by atoms with E-state index >= 15 is 0 Å². The zero-order valence-corrected chi connectivity index (χ0v) is 23.8. The van der Waals surface area contributed by atoms with Gasteiger partial charge < -0.3 is 9.13 Å². The second-order valence-corrected chi connectivity index (χ2v) is 11.2. The van der Waals surface area contributed by atoms with Crippen molar-refractivity contribution in [2.75, 3.05) is 4.90 Å². The average Bonchev–Trinajstić information content (AvgIpc) is 3.70. The van der Waals surface area contributed by atoms with Gasteiger partial charge in [0.15, 0.2) is 0 Å². The van der Waals surface area contributed by atoms with Gasteiger partial charge in [0.25, 0.3) is 11.8 Å². The van der Waals surface area contributed by atoms with Crippen molar-refractivity contribution in [1.29, 1.82) is 5.26 Å². The lowest BCUT2D eigenvalue weighted by atomic mass is 10.1. The summed E-state index contributed by atoms with van der Waals surface area (Å²) in [7, 11) is 0. The van der Waals surface area contributed by atoms with Gasteiger partial charge in [-0.1, -0.05) is 66.7 Å². The molecule has 9 rings (SSSR count). The van der Waals surface area contributed by atoms with E-state index in [2.05, 4.69) is 88.0 Å². The molecule has 3 heterocycles.